The van der Waals surface area contributed by atoms with E-state index < -0.39 is 0 Å². The molecule has 3 aromatic rings. The number of aryl methyl sites for hydroxylation is 2. The SMILES string of the molecule is O=C(c1ccccc1)c1cc(CCCCCO)c(CCCCCO)cc1C(=O)c1ccccc1. The van der Waals surface area contributed by atoms with E-state index in [1.165, 1.54) is 0 Å². The van der Waals surface area contributed by atoms with E-state index in [0.29, 0.717) is 22.3 Å². The molecule has 34 heavy (non-hydrogen) atoms. The molecule has 0 aromatic heterocycles. The number of carbonyl (C=O) groups is 2. The maximum absolute atomic E-state index is 13.5. The first-order chi connectivity index (χ1) is 16.7. The molecule has 0 aliphatic carbocycles. The Balaban J connectivity index is 2.05. The fourth-order valence-electron chi connectivity index (χ4n) is 4.23. The minimum absolute atomic E-state index is 0.150. The van der Waals surface area contributed by atoms with Gasteiger partial charge in [-0.3, -0.25) is 9.59 Å². The van der Waals surface area contributed by atoms with Crippen LogP contribution in [0.4, 0.5) is 0 Å². The van der Waals surface area contributed by atoms with Gasteiger partial charge in [0, 0.05) is 35.5 Å². The van der Waals surface area contributed by atoms with Gasteiger partial charge in [0.25, 0.3) is 0 Å². The van der Waals surface area contributed by atoms with Crippen molar-refractivity contribution in [2.45, 2.75) is 51.4 Å². The molecule has 0 saturated carbocycles. The Bertz CT molecular complexity index is 971. The van der Waals surface area contributed by atoms with Crippen molar-refractivity contribution < 1.29 is 19.8 Å². The Morgan fingerprint density at radius 2 is 0.912 bits per heavy atom. The normalized spacial score (nSPS) is 10.9. The van der Waals surface area contributed by atoms with E-state index in [4.69, 9.17) is 10.2 Å². The smallest absolute Gasteiger partial charge is 0.193 e. The highest BCUT2D eigenvalue weighted by Crippen LogP contribution is 2.26. The van der Waals surface area contributed by atoms with Crippen LogP contribution in [0.5, 0.6) is 0 Å². The van der Waals surface area contributed by atoms with Crippen LogP contribution in [0, 0.1) is 0 Å². The first-order valence-corrected chi connectivity index (χ1v) is 12.2. The second-order valence-electron chi connectivity index (χ2n) is 8.63. The summed E-state index contributed by atoms with van der Waals surface area (Å²) in [4.78, 5) is 27.1. The number of rotatable bonds is 14. The third-order valence-electron chi connectivity index (χ3n) is 6.11. The van der Waals surface area contributed by atoms with Gasteiger partial charge in [-0.1, -0.05) is 73.5 Å². The van der Waals surface area contributed by atoms with Crippen molar-refractivity contribution in [3.63, 3.8) is 0 Å². The van der Waals surface area contributed by atoms with Gasteiger partial charge in [-0.25, -0.2) is 0 Å². The number of ketones is 2. The van der Waals surface area contributed by atoms with Crippen molar-refractivity contribution in [1.82, 2.24) is 0 Å². The van der Waals surface area contributed by atoms with Crippen LogP contribution in [0.25, 0.3) is 0 Å². The lowest BCUT2D eigenvalue weighted by Crippen LogP contribution is -2.14. The molecule has 178 valence electrons. The quantitative estimate of drug-likeness (QED) is 0.245. The zero-order valence-corrected chi connectivity index (χ0v) is 19.7. The second kappa shape index (κ2) is 13.6. The van der Waals surface area contributed by atoms with Crippen LogP contribution in [0.15, 0.2) is 72.8 Å². The van der Waals surface area contributed by atoms with Crippen LogP contribution in [0.1, 0.15) is 81.5 Å². The van der Waals surface area contributed by atoms with Gasteiger partial charge in [0.1, 0.15) is 0 Å². The predicted octanol–water partition coefficient (Wildman–Crippen LogP) is 5.56. The monoisotopic (exact) mass is 458 g/mol. The standard InChI is InChI=1S/C30H34O4/c31-19-11-3-9-17-25-21-27(29(33)23-13-5-1-6-14-23)28(22-26(25)18-10-4-12-20-32)30(34)24-15-7-2-8-16-24/h1-2,5-8,13-16,21-22,31-32H,3-4,9-12,17-20H2. The van der Waals surface area contributed by atoms with Crippen molar-refractivity contribution in [3.8, 4) is 0 Å². The summed E-state index contributed by atoms with van der Waals surface area (Å²) < 4.78 is 0. The molecule has 0 heterocycles. The van der Waals surface area contributed by atoms with Gasteiger partial charge in [-0.15, -0.1) is 0 Å². The molecular formula is C30H34O4. The van der Waals surface area contributed by atoms with Crippen LogP contribution in [-0.2, 0) is 12.8 Å². The molecule has 4 heteroatoms. The highest BCUT2D eigenvalue weighted by molar-refractivity contribution is 6.19. The summed E-state index contributed by atoms with van der Waals surface area (Å²) in [5, 5.41) is 18.3. The van der Waals surface area contributed by atoms with E-state index in [2.05, 4.69) is 0 Å². The zero-order valence-electron chi connectivity index (χ0n) is 19.7. The van der Waals surface area contributed by atoms with Crippen molar-refractivity contribution in [2.24, 2.45) is 0 Å². The highest BCUT2D eigenvalue weighted by atomic mass is 16.3. The van der Waals surface area contributed by atoms with Gasteiger partial charge in [-0.05, 0) is 61.8 Å². The van der Waals surface area contributed by atoms with E-state index in [-0.39, 0.29) is 24.8 Å². The van der Waals surface area contributed by atoms with E-state index >= 15 is 0 Å². The summed E-state index contributed by atoms with van der Waals surface area (Å²) in [5.41, 5.74) is 4.18. The fourth-order valence-corrected chi connectivity index (χ4v) is 4.23. The molecule has 4 nitrogen and oxygen atoms in total. The molecule has 0 bridgehead atoms. The van der Waals surface area contributed by atoms with Crippen LogP contribution in [-0.4, -0.2) is 35.0 Å². The van der Waals surface area contributed by atoms with Gasteiger partial charge in [0.15, 0.2) is 11.6 Å². The first-order valence-electron chi connectivity index (χ1n) is 12.2. The van der Waals surface area contributed by atoms with Gasteiger partial charge >= 0.3 is 0 Å². The van der Waals surface area contributed by atoms with Crippen molar-refractivity contribution >= 4 is 11.6 Å². The largest absolute Gasteiger partial charge is 0.396 e. The molecule has 0 aliphatic heterocycles. The Morgan fingerprint density at radius 3 is 1.26 bits per heavy atom. The molecule has 0 atom stereocenters. The molecule has 0 aliphatic rings. The number of hydrogen-bond donors (Lipinski definition) is 2. The molecule has 2 N–H and O–H groups in total. The van der Waals surface area contributed by atoms with E-state index in [1.54, 1.807) is 24.3 Å². The molecule has 3 aromatic carbocycles. The molecule has 0 saturated heterocycles. The summed E-state index contributed by atoms with van der Waals surface area (Å²) in [6, 6.07) is 22.0. The maximum atomic E-state index is 13.5. The van der Waals surface area contributed by atoms with E-state index in [9.17, 15) is 9.59 Å². The van der Waals surface area contributed by atoms with Crippen LogP contribution >= 0.6 is 0 Å². The fraction of sp³-hybridized carbons (Fsp3) is 0.333. The lowest BCUT2D eigenvalue weighted by molar-refractivity contribution is 0.100. The van der Waals surface area contributed by atoms with Crippen LogP contribution in [0.2, 0.25) is 0 Å². The summed E-state index contributed by atoms with van der Waals surface area (Å²) >= 11 is 0. The molecule has 0 fully saturated rings. The Kier molecular flexibility index (Phi) is 10.2. The lowest BCUT2D eigenvalue weighted by Gasteiger charge is -2.16. The third kappa shape index (κ3) is 6.96. The third-order valence-corrected chi connectivity index (χ3v) is 6.11. The molecule has 0 amide bonds. The zero-order chi connectivity index (χ0) is 24.2. The lowest BCUT2D eigenvalue weighted by atomic mass is 9.86. The topological polar surface area (TPSA) is 74.6 Å². The minimum atomic E-state index is -0.150. The molecule has 0 unspecified atom stereocenters. The Hall–Kier alpha value is -3.08. The number of carbonyl (C=O) groups excluding carboxylic acids is 2. The van der Waals surface area contributed by atoms with Crippen molar-refractivity contribution in [2.75, 3.05) is 13.2 Å². The van der Waals surface area contributed by atoms with Crippen LogP contribution < -0.4 is 0 Å². The van der Waals surface area contributed by atoms with Crippen molar-refractivity contribution in [1.29, 1.82) is 0 Å². The van der Waals surface area contributed by atoms with Gasteiger partial charge in [0.05, 0.1) is 0 Å². The molecule has 3 rings (SSSR count). The maximum Gasteiger partial charge on any atom is 0.193 e. The number of aliphatic hydroxyl groups excluding tert-OH is 2. The summed E-state index contributed by atoms with van der Waals surface area (Å²) in [6.45, 7) is 0.354. The number of hydrogen-bond acceptors (Lipinski definition) is 4. The Morgan fingerprint density at radius 1 is 0.529 bits per heavy atom. The van der Waals surface area contributed by atoms with Crippen molar-refractivity contribution in [3.05, 3.63) is 106 Å². The van der Waals surface area contributed by atoms with Gasteiger partial charge in [0.2, 0.25) is 0 Å². The van der Waals surface area contributed by atoms with E-state index in [1.807, 2.05) is 48.5 Å². The number of aliphatic hydroxyl groups is 2. The van der Waals surface area contributed by atoms with Crippen LogP contribution in [0.3, 0.4) is 0 Å². The molecule has 0 radical (unpaired) electrons. The van der Waals surface area contributed by atoms with Gasteiger partial charge < -0.3 is 10.2 Å². The predicted molar refractivity (Wildman–Crippen MR) is 135 cm³/mol. The summed E-state index contributed by atoms with van der Waals surface area (Å²) in [5.74, 6) is -0.299. The highest BCUT2D eigenvalue weighted by Gasteiger charge is 2.22. The Labute approximate surface area is 202 Å². The minimum Gasteiger partial charge on any atom is -0.396 e. The molecule has 0 spiro atoms. The van der Waals surface area contributed by atoms with Gasteiger partial charge in [-0.2, -0.15) is 0 Å². The average molecular weight is 459 g/mol. The summed E-state index contributed by atoms with van der Waals surface area (Å²) in [7, 11) is 0. The first kappa shape index (κ1) is 25.5. The second-order valence-corrected chi connectivity index (χ2v) is 8.63. The summed E-state index contributed by atoms with van der Waals surface area (Å²) in [6.07, 6.45) is 6.75. The van der Waals surface area contributed by atoms with E-state index in [0.717, 1.165) is 62.5 Å². The number of benzene rings is 3. The average Bonchev–Trinajstić information content (AvgIpc) is 2.89. The molecular weight excluding hydrogens is 424 g/mol. The number of unbranched alkanes of at least 4 members (excludes halogenated alkanes) is 4.